The van der Waals surface area contributed by atoms with Gasteiger partial charge in [0.15, 0.2) is 0 Å². The molecule has 1 N–H and O–H groups in total. The highest BCUT2D eigenvalue weighted by Gasteiger charge is 2.38. The Morgan fingerprint density at radius 2 is 1.93 bits per heavy atom. The lowest BCUT2D eigenvalue weighted by atomic mass is 9.76. The number of allylic oxidation sites excluding steroid dienone is 2. The van der Waals surface area contributed by atoms with E-state index in [4.69, 9.17) is 4.74 Å². The average molecular weight is 548 g/mol. The maximum atomic E-state index is 15.0. The van der Waals surface area contributed by atoms with Gasteiger partial charge < -0.3 is 14.7 Å². The van der Waals surface area contributed by atoms with Crippen LogP contribution in [-0.4, -0.2) is 47.0 Å². The summed E-state index contributed by atoms with van der Waals surface area (Å²) in [5.74, 6) is 0.420. The van der Waals surface area contributed by atoms with Crippen molar-refractivity contribution in [1.82, 2.24) is 4.90 Å². The highest BCUT2D eigenvalue weighted by molar-refractivity contribution is 5.91. The summed E-state index contributed by atoms with van der Waals surface area (Å²) in [6.07, 6.45) is 12.4. The number of carboxylic acid groups (broad SMARTS) is 1. The van der Waals surface area contributed by atoms with E-state index in [0.29, 0.717) is 35.0 Å². The van der Waals surface area contributed by atoms with E-state index >= 15 is 4.39 Å². The summed E-state index contributed by atoms with van der Waals surface area (Å²) in [5, 5.41) is 9.64. The molecule has 3 fully saturated rings. The van der Waals surface area contributed by atoms with E-state index in [1.807, 2.05) is 6.07 Å². The fourth-order valence-electron chi connectivity index (χ4n) is 6.63. The van der Waals surface area contributed by atoms with E-state index < -0.39 is 5.97 Å². The summed E-state index contributed by atoms with van der Waals surface area (Å²) in [4.78, 5) is 26.8. The molecule has 2 aliphatic carbocycles. The van der Waals surface area contributed by atoms with Crippen LogP contribution >= 0.6 is 0 Å². The first-order valence-corrected chi connectivity index (χ1v) is 14.9. The van der Waals surface area contributed by atoms with Gasteiger partial charge in [0.25, 0.3) is 0 Å². The summed E-state index contributed by atoms with van der Waals surface area (Å²) in [7, 11) is 2.10. The van der Waals surface area contributed by atoms with Gasteiger partial charge >= 0.3 is 5.97 Å². The molecule has 5 nitrogen and oxygen atoms in total. The van der Waals surface area contributed by atoms with Gasteiger partial charge in [0.05, 0.1) is 11.7 Å². The Morgan fingerprint density at radius 3 is 2.60 bits per heavy atom. The van der Waals surface area contributed by atoms with Gasteiger partial charge in [-0.2, -0.15) is 0 Å². The quantitative estimate of drug-likeness (QED) is 0.310. The Kier molecular flexibility index (Phi) is 8.46. The number of rotatable bonds is 10. The van der Waals surface area contributed by atoms with Crippen molar-refractivity contribution in [3.8, 4) is 16.9 Å². The monoisotopic (exact) mass is 547 g/mol. The zero-order valence-corrected chi connectivity index (χ0v) is 24.0. The zero-order valence-electron chi connectivity index (χ0n) is 24.0. The first-order chi connectivity index (χ1) is 19.1. The van der Waals surface area contributed by atoms with Crippen molar-refractivity contribution in [2.45, 2.75) is 89.2 Å². The zero-order chi connectivity index (χ0) is 28.4. The Morgan fingerprint density at radius 1 is 1.12 bits per heavy atom. The number of aromatic carboxylic acids is 1. The molecule has 1 heterocycles. The van der Waals surface area contributed by atoms with Crippen LogP contribution in [0.3, 0.4) is 0 Å². The molecular formula is C34H42FNO4. The number of carbonyl (C=O) groups excluding carboxylic acids is 1. The summed E-state index contributed by atoms with van der Waals surface area (Å²) < 4.78 is 21.5. The summed E-state index contributed by atoms with van der Waals surface area (Å²) >= 11 is 0. The second-order valence-corrected chi connectivity index (χ2v) is 12.7. The van der Waals surface area contributed by atoms with Gasteiger partial charge in [-0.05, 0) is 113 Å². The van der Waals surface area contributed by atoms with Crippen molar-refractivity contribution in [3.63, 3.8) is 0 Å². The number of ether oxygens (including phenoxy) is 1. The van der Waals surface area contributed by atoms with Crippen molar-refractivity contribution in [1.29, 1.82) is 0 Å². The molecule has 0 spiro atoms. The normalized spacial score (nSPS) is 24.9. The SMILES string of the molecule is CN1C[C@@H](C(=O)CC/C=C/[C@@H]2CC[C@@H](Oc3ccc(C(=O)O)cc3-c3cccc(F)c3C3CCC3)C2)CC1(C)C. The molecule has 2 saturated carbocycles. The summed E-state index contributed by atoms with van der Waals surface area (Å²) in [6.45, 7) is 5.26. The molecule has 0 aromatic heterocycles. The topological polar surface area (TPSA) is 66.8 Å². The van der Waals surface area contributed by atoms with Crippen LogP contribution in [0.1, 0.15) is 93.5 Å². The van der Waals surface area contributed by atoms with Crippen LogP contribution in [0.4, 0.5) is 4.39 Å². The second-order valence-electron chi connectivity index (χ2n) is 12.7. The Labute approximate surface area is 237 Å². The molecule has 1 saturated heterocycles. The van der Waals surface area contributed by atoms with E-state index in [9.17, 15) is 14.7 Å². The van der Waals surface area contributed by atoms with Crippen molar-refractivity contribution < 1.29 is 23.8 Å². The smallest absolute Gasteiger partial charge is 0.335 e. The van der Waals surface area contributed by atoms with E-state index in [0.717, 1.165) is 63.5 Å². The number of hydrogen-bond acceptors (Lipinski definition) is 4. The highest BCUT2D eigenvalue weighted by atomic mass is 19.1. The van der Waals surface area contributed by atoms with Gasteiger partial charge in [0.1, 0.15) is 17.3 Å². The first-order valence-electron chi connectivity index (χ1n) is 14.9. The minimum absolute atomic E-state index is 0.00248. The van der Waals surface area contributed by atoms with Crippen molar-refractivity contribution in [3.05, 3.63) is 65.5 Å². The van der Waals surface area contributed by atoms with Crippen LogP contribution in [0.5, 0.6) is 5.75 Å². The number of benzene rings is 2. The Balaban J connectivity index is 1.23. The minimum atomic E-state index is -1.01. The predicted molar refractivity (Wildman–Crippen MR) is 155 cm³/mol. The maximum absolute atomic E-state index is 15.0. The lowest BCUT2D eigenvalue weighted by Crippen LogP contribution is -2.34. The molecule has 1 aliphatic heterocycles. The molecule has 40 heavy (non-hydrogen) atoms. The van der Waals surface area contributed by atoms with Crippen LogP contribution in [-0.2, 0) is 4.79 Å². The Bertz CT molecular complexity index is 1280. The fraction of sp³-hybridized carbons (Fsp3) is 0.529. The van der Waals surface area contributed by atoms with E-state index in [2.05, 4.69) is 37.9 Å². The number of hydrogen-bond donors (Lipinski definition) is 1. The predicted octanol–water partition coefficient (Wildman–Crippen LogP) is 7.64. The van der Waals surface area contributed by atoms with Crippen molar-refractivity contribution >= 4 is 11.8 Å². The minimum Gasteiger partial charge on any atom is -0.490 e. The first kappa shape index (κ1) is 28.5. The highest BCUT2D eigenvalue weighted by Crippen LogP contribution is 2.45. The molecule has 3 aliphatic rings. The molecule has 3 atom stereocenters. The molecule has 0 amide bonds. The molecule has 0 radical (unpaired) electrons. The standard InChI is InChI=1S/C34H42FNO4/c1-34(2)20-25(21-36(34)3)30(37)13-5-4-8-22-14-16-26(18-22)40-31-17-15-24(33(38)39)19-28(31)27-11-7-12-29(35)32(27)23-9-6-10-23/h4,7-8,11-12,15,17,19,22-23,25-26H,5-6,9-10,13-14,16,18,20-21H2,1-3H3,(H,38,39)/b8-4+/t22-,25+,26-/m1/s1. The van der Waals surface area contributed by atoms with Gasteiger partial charge in [-0.25, -0.2) is 9.18 Å². The number of Topliss-reactive ketones (excluding diaryl/α,β-unsaturated/α-hetero) is 1. The largest absolute Gasteiger partial charge is 0.490 e. The van der Waals surface area contributed by atoms with Crippen molar-refractivity contribution in [2.75, 3.05) is 13.6 Å². The maximum Gasteiger partial charge on any atom is 0.335 e. The third kappa shape index (κ3) is 6.17. The molecule has 214 valence electrons. The number of likely N-dealkylation sites (tertiary alicyclic amines) is 1. The lowest BCUT2D eigenvalue weighted by Gasteiger charge is -2.29. The average Bonchev–Trinajstić information content (AvgIpc) is 3.44. The number of ketones is 1. The molecule has 6 heteroatoms. The number of halogens is 1. The molecule has 0 unspecified atom stereocenters. The Hall–Kier alpha value is -2.99. The second kappa shape index (κ2) is 11.9. The number of carboxylic acids is 1. The van der Waals surface area contributed by atoms with Crippen LogP contribution < -0.4 is 4.74 Å². The van der Waals surface area contributed by atoms with Gasteiger partial charge in [-0.15, -0.1) is 0 Å². The molecule has 2 aromatic rings. The van der Waals surface area contributed by atoms with Crippen LogP contribution in [0.2, 0.25) is 0 Å². The summed E-state index contributed by atoms with van der Waals surface area (Å²) in [5.41, 5.74) is 2.32. The van der Waals surface area contributed by atoms with E-state index in [1.54, 1.807) is 24.3 Å². The van der Waals surface area contributed by atoms with E-state index in [-0.39, 0.29) is 34.9 Å². The van der Waals surface area contributed by atoms with Crippen LogP contribution in [0.25, 0.3) is 11.1 Å². The lowest BCUT2D eigenvalue weighted by molar-refractivity contribution is -0.122. The van der Waals surface area contributed by atoms with Crippen molar-refractivity contribution in [2.24, 2.45) is 11.8 Å². The third-order valence-electron chi connectivity index (χ3n) is 9.50. The van der Waals surface area contributed by atoms with Gasteiger partial charge in [-0.1, -0.05) is 30.7 Å². The molecule has 2 aromatic carbocycles. The molecular weight excluding hydrogens is 505 g/mol. The molecule has 0 bridgehead atoms. The van der Waals surface area contributed by atoms with Gasteiger partial charge in [0.2, 0.25) is 0 Å². The third-order valence-corrected chi connectivity index (χ3v) is 9.50. The fourth-order valence-corrected chi connectivity index (χ4v) is 6.63. The van der Waals surface area contributed by atoms with Crippen LogP contribution in [0, 0.1) is 17.7 Å². The summed E-state index contributed by atoms with van der Waals surface area (Å²) in [6, 6.07) is 9.99. The number of nitrogens with zero attached hydrogens (tertiary/aromatic N) is 1. The van der Waals surface area contributed by atoms with E-state index in [1.165, 1.54) is 6.07 Å². The van der Waals surface area contributed by atoms with Gasteiger partial charge in [0, 0.05) is 30.0 Å². The number of carbonyl (C=O) groups is 2. The van der Waals surface area contributed by atoms with Gasteiger partial charge in [-0.3, -0.25) is 4.79 Å². The van der Waals surface area contributed by atoms with Crippen LogP contribution in [0.15, 0.2) is 48.6 Å². The molecule has 5 rings (SSSR count).